The van der Waals surface area contributed by atoms with Crippen LogP contribution in [0.3, 0.4) is 0 Å². The van der Waals surface area contributed by atoms with Crippen molar-refractivity contribution in [3.05, 3.63) is 35.9 Å². The fourth-order valence-corrected chi connectivity index (χ4v) is 3.14. The number of benzene rings is 1. The van der Waals surface area contributed by atoms with Gasteiger partial charge < -0.3 is 34.7 Å². The Kier molecular flexibility index (Phi) is 14.0. The standard InChI is InChI=1S/C26H38N2O10/c1-26(2,3)38-25(33)28-21(24(32)37-14-17-9-7-6-8-10-17)12-11-19(29)13-18(22(30)34-4)15-36-16-20(27)23(31)35-5/h6-10,18,20-21H,11-16,27H2,1-5H3,(H,28,33)/t18-,20+,21+/m0/s1. The summed E-state index contributed by atoms with van der Waals surface area (Å²) < 4.78 is 25.1. The monoisotopic (exact) mass is 538 g/mol. The maximum atomic E-state index is 12.7. The van der Waals surface area contributed by atoms with Crippen LogP contribution in [0.1, 0.15) is 45.6 Å². The minimum Gasteiger partial charge on any atom is -0.469 e. The molecule has 3 N–H and O–H groups in total. The van der Waals surface area contributed by atoms with Crippen LogP contribution in [0.2, 0.25) is 0 Å². The molecule has 1 rings (SSSR count). The zero-order chi connectivity index (χ0) is 28.7. The summed E-state index contributed by atoms with van der Waals surface area (Å²) in [6.07, 6.45) is -1.34. The number of hydrogen-bond acceptors (Lipinski definition) is 11. The van der Waals surface area contributed by atoms with E-state index in [1.165, 1.54) is 14.2 Å². The van der Waals surface area contributed by atoms with Gasteiger partial charge in [-0.1, -0.05) is 30.3 Å². The van der Waals surface area contributed by atoms with E-state index in [-0.39, 0.29) is 44.9 Å². The first-order valence-corrected chi connectivity index (χ1v) is 12.1. The van der Waals surface area contributed by atoms with Crippen molar-refractivity contribution in [3.63, 3.8) is 0 Å². The number of ketones is 1. The molecule has 0 aliphatic heterocycles. The Morgan fingerprint density at radius 3 is 2.13 bits per heavy atom. The van der Waals surface area contributed by atoms with Crippen molar-refractivity contribution >= 4 is 29.8 Å². The minimum absolute atomic E-state index is 0.0183. The highest BCUT2D eigenvalue weighted by Crippen LogP contribution is 2.14. The maximum absolute atomic E-state index is 12.7. The molecule has 12 heteroatoms. The van der Waals surface area contributed by atoms with E-state index in [9.17, 15) is 24.0 Å². The van der Waals surface area contributed by atoms with E-state index in [0.29, 0.717) is 0 Å². The molecule has 0 aromatic heterocycles. The molecule has 0 saturated carbocycles. The molecule has 0 heterocycles. The highest BCUT2D eigenvalue weighted by molar-refractivity contribution is 5.86. The van der Waals surface area contributed by atoms with Crippen LogP contribution in [0.15, 0.2) is 30.3 Å². The Labute approximate surface area is 222 Å². The van der Waals surface area contributed by atoms with Gasteiger partial charge in [-0.05, 0) is 32.8 Å². The summed E-state index contributed by atoms with van der Waals surface area (Å²) in [5.74, 6) is -3.45. The van der Waals surface area contributed by atoms with Gasteiger partial charge in [0, 0.05) is 12.8 Å². The zero-order valence-electron chi connectivity index (χ0n) is 22.5. The third-order valence-corrected chi connectivity index (χ3v) is 5.04. The highest BCUT2D eigenvalue weighted by atomic mass is 16.6. The molecule has 0 bridgehead atoms. The minimum atomic E-state index is -1.16. The van der Waals surface area contributed by atoms with Crippen LogP contribution < -0.4 is 11.1 Å². The van der Waals surface area contributed by atoms with E-state index >= 15 is 0 Å². The average molecular weight is 539 g/mol. The Morgan fingerprint density at radius 2 is 1.55 bits per heavy atom. The molecule has 0 radical (unpaired) electrons. The van der Waals surface area contributed by atoms with Gasteiger partial charge in [0.15, 0.2) is 0 Å². The lowest BCUT2D eigenvalue weighted by Crippen LogP contribution is -2.44. The molecule has 1 amide bonds. The van der Waals surface area contributed by atoms with E-state index in [1.54, 1.807) is 45.0 Å². The largest absolute Gasteiger partial charge is 0.469 e. The first-order chi connectivity index (χ1) is 17.9. The van der Waals surface area contributed by atoms with Crippen LogP contribution >= 0.6 is 0 Å². The molecule has 1 aromatic carbocycles. The third kappa shape index (κ3) is 13.2. The summed E-state index contributed by atoms with van der Waals surface area (Å²) in [5.41, 5.74) is 5.55. The number of rotatable bonds is 15. The number of carbonyl (C=O) groups excluding carboxylic acids is 5. The summed E-state index contributed by atoms with van der Waals surface area (Å²) in [6.45, 7) is 4.56. The van der Waals surface area contributed by atoms with E-state index in [0.717, 1.165) is 5.56 Å². The molecule has 0 aliphatic rings. The third-order valence-electron chi connectivity index (χ3n) is 5.04. The van der Waals surface area contributed by atoms with Crippen LogP contribution in [-0.2, 0) is 49.5 Å². The lowest BCUT2D eigenvalue weighted by Gasteiger charge is -2.23. The van der Waals surface area contributed by atoms with E-state index in [2.05, 4.69) is 10.1 Å². The number of methoxy groups -OCH3 is 2. The summed E-state index contributed by atoms with van der Waals surface area (Å²) in [4.78, 5) is 61.2. The van der Waals surface area contributed by atoms with Crippen LogP contribution in [0.4, 0.5) is 4.79 Å². The average Bonchev–Trinajstić information content (AvgIpc) is 2.87. The Morgan fingerprint density at radius 1 is 0.921 bits per heavy atom. The van der Waals surface area contributed by atoms with Gasteiger partial charge in [-0.2, -0.15) is 0 Å². The summed E-state index contributed by atoms with van der Waals surface area (Å²) >= 11 is 0. The molecule has 1 aromatic rings. The first kappa shape index (κ1) is 32.5. The lowest BCUT2D eigenvalue weighted by atomic mass is 9.99. The summed E-state index contributed by atoms with van der Waals surface area (Å²) in [7, 11) is 2.35. The van der Waals surface area contributed by atoms with Crippen LogP contribution in [-0.4, -0.2) is 74.9 Å². The number of alkyl carbamates (subject to hydrolysis) is 1. The van der Waals surface area contributed by atoms with Gasteiger partial charge in [0.25, 0.3) is 0 Å². The fourth-order valence-electron chi connectivity index (χ4n) is 3.14. The van der Waals surface area contributed by atoms with Gasteiger partial charge in [-0.3, -0.25) is 14.4 Å². The van der Waals surface area contributed by atoms with Gasteiger partial charge >= 0.3 is 24.0 Å². The summed E-state index contributed by atoms with van der Waals surface area (Å²) in [5, 5.41) is 2.45. The van der Waals surface area contributed by atoms with Gasteiger partial charge in [-0.15, -0.1) is 0 Å². The molecule has 38 heavy (non-hydrogen) atoms. The zero-order valence-corrected chi connectivity index (χ0v) is 22.5. The van der Waals surface area contributed by atoms with Crippen LogP contribution in [0.25, 0.3) is 0 Å². The molecular formula is C26H38N2O10. The topological polar surface area (TPSA) is 170 Å². The number of amides is 1. The summed E-state index contributed by atoms with van der Waals surface area (Å²) in [6, 6.07) is 6.76. The molecule has 12 nitrogen and oxygen atoms in total. The molecule has 0 saturated heterocycles. The van der Waals surface area contributed by atoms with Crippen molar-refractivity contribution < 1.29 is 47.7 Å². The molecule has 0 aliphatic carbocycles. The molecular weight excluding hydrogens is 500 g/mol. The van der Waals surface area contributed by atoms with E-state index < -0.39 is 47.6 Å². The molecule has 212 valence electrons. The Balaban J connectivity index is 2.77. The fraction of sp³-hybridized carbons (Fsp3) is 0.577. The molecule has 0 fully saturated rings. The highest BCUT2D eigenvalue weighted by Gasteiger charge is 2.28. The maximum Gasteiger partial charge on any atom is 0.408 e. The molecule has 0 spiro atoms. The van der Waals surface area contributed by atoms with Crippen molar-refractivity contribution in [1.29, 1.82) is 0 Å². The van der Waals surface area contributed by atoms with Crippen molar-refractivity contribution in [2.45, 2.75) is 64.3 Å². The van der Waals surface area contributed by atoms with Crippen molar-refractivity contribution in [3.8, 4) is 0 Å². The van der Waals surface area contributed by atoms with E-state index in [1.807, 2.05) is 6.07 Å². The first-order valence-electron chi connectivity index (χ1n) is 12.1. The number of ether oxygens (including phenoxy) is 5. The Hall–Kier alpha value is -3.51. The van der Waals surface area contributed by atoms with Crippen LogP contribution in [0.5, 0.6) is 0 Å². The van der Waals surface area contributed by atoms with Gasteiger partial charge in [0.1, 0.15) is 30.1 Å². The predicted octanol–water partition coefficient (Wildman–Crippen LogP) is 1.67. The predicted molar refractivity (Wildman–Crippen MR) is 135 cm³/mol. The quantitative estimate of drug-likeness (QED) is 0.246. The SMILES string of the molecule is COC(=O)[C@H](COC[C@@H](N)C(=O)OC)CC(=O)CC[C@@H](NC(=O)OC(C)(C)C)C(=O)OCc1ccccc1. The number of esters is 3. The van der Waals surface area contributed by atoms with Gasteiger partial charge in [0.05, 0.1) is 33.4 Å². The lowest BCUT2D eigenvalue weighted by molar-refractivity contribution is -0.151. The second-order valence-corrected chi connectivity index (χ2v) is 9.46. The van der Waals surface area contributed by atoms with Crippen molar-refractivity contribution in [2.75, 3.05) is 27.4 Å². The van der Waals surface area contributed by atoms with Crippen molar-refractivity contribution in [1.82, 2.24) is 5.32 Å². The normalized spacial score (nSPS) is 13.4. The van der Waals surface area contributed by atoms with Gasteiger partial charge in [-0.25, -0.2) is 9.59 Å². The smallest absolute Gasteiger partial charge is 0.408 e. The van der Waals surface area contributed by atoms with Crippen molar-refractivity contribution in [2.24, 2.45) is 11.7 Å². The number of hydrogen-bond donors (Lipinski definition) is 2. The number of Topliss-reactive ketones (excluding diaryl/α,β-unsaturated/α-hetero) is 1. The Bertz CT molecular complexity index is 930. The number of nitrogens with one attached hydrogen (secondary N) is 1. The second-order valence-electron chi connectivity index (χ2n) is 9.46. The number of nitrogens with two attached hydrogens (primary N) is 1. The number of carbonyl (C=O) groups is 5. The van der Waals surface area contributed by atoms with Crippen LogP contribution in [0, 0.1) is 5.92 Å². The molecule has 0 unspecified atom stereocenters. The second kappa shape index (κ2) is 16.4. The van der Waals surface area contributed by atoms with Gasteiger partial charge in [0.2, 0.25) is 0 Å². The molecule has 3 atom stereocenters. The van der Waals surface area contributed by atoms with E-state index in [4.69, 9.17) is 24.7 Å².